The number of nitrogens with one attached hydrogen (secondary N) is 2. The quantitative estimate of drug-likeness (QED) is 0.859. The average Bonchev–Trinajstić information content (AvgIpc) is 2.50. The van der Waals surface area contributed by atoms with E-state index < -0.39 is 0 Å². The SMILES string of the molecule is CCOc1ccc(NC(=O)Nc2cc(Cl)ccc2OC)cc1. The largest absolute Gasteiger partial charge is 0.495 e. The first-order valence-corrected chi connectivity index (χ1v) is 7.14. The van der Waals surface area contributed by atoms with Crippen molar-refractivity contribution in [1.29, 1.82) is 0 Å². The molecule has 0 aliphatic heterocycles. The number of carbonyl (C=O) groups excluding carboxylic acids is 1. The Bertz CT molecular complexity index is 644. The van der Waals surface area contributed by atoms with Gasteiger partial charge in [0, 0.05) is 10.7 Å². The monoisotopic (exact) mass is 320 g/mol. The van der Waals surface area contributed by atoms with Crippen molar-refractivity contribution in [2.75, 3.05) is 24.4 Å². The molecule has 0 saturated heterocycles. The maximum Gasteiger partial charge on any atom is 0.323 e. The van der Waals surface area contributed by atoms with Crippen LogP contribution in [0.25, 0.3) is 0 Å². The number of benzene rings is 2. The number of halogens is 1. The first kappa shape index (κ1) is 16.0. The van der Waals surface area contributed by atoms with Gasteiger partial charge >= 0.3 is 6.03 Å². The Labute approximate surface area is 134 Å². The Hall–Kier alpha value is -2.40. The minimum atomic E-state index is -0.385. The van der Waals surface area contributed by atoms with Gasteiger partial charge in [0.1, 0.15) is 11.5 Å². The molecular formula is C16H17ClN2O3. The minimum absolute atomic E-state index is 0.385. The van der Waals surface area contributed by atoms with E-state index in [1.54, 1.807) is 42.5 Å². The number of rotatable bonds is 5. The highest BCUT2D eigenvalue weighted by Gasteiger charge is 2.08. The standard InChI is InChI=1S/C16H17ClN2O3/c1-3-22-13-7-5-12(6-8-13)18-16(20)19-14-10-11(17)4-9-15(14)21-2/h4-10H,3H2,1-2H3,(H2,18,19,20). The van der Waals surface area contributed by atoms with Crippen molar-refractivity contribution in [2.45, 2.75) is 6.92 Å². The predicted octanol–water partition coefficient (Wildman–Crippen LogP) is 4.39. The van der Waals surface area contributed by atoms with Crippen LogP contribution in [0.5, 0.6) is 11.5 Å². The molecule has 2 aromatic rings. The summed E-state index contributed by atoms with van der Waals surface area (Å²) in [6.45, 7) is 2.51. The van der Waals surface area contributed by atoms with Gasteiger partial charge in [-0.15, -0.1) is 0 Å². The lowest BCUT2D eigenvalue weighted by atomic mass is 10.3. The normalized spacial score (nSPS) is 9.95. The van der Waals surface area contributed by atoms with E-state index in [0.29, 0.717) is 28.8 Å². The van der Waals surface area contributed by atoms with Crippen LogP contribution in [-0.2, 0) is 0 Å². The van der Waals surface area contributed by atoms with Crippen LogP contribution < -0.4 is 20.1 Å². The van der Waals surface area contributed by atoms with Gasteiger partial charge in [0.2, 0.25) is 0 Å². The zero-order chi connectivity index (χ0) is 15.9. The average molecular weight is 321 g/mol. The molecule has 0 heterocycles. The Kier molecular flexibility index (Phi) is 5.49. The summed E-state index contributed by atoms with van der Waals surface area (Å²) in [5.41, 5.74) is 1.15. The van der Waals surface area contributed by atoms with E-state index in [2.05, 4.69) is 10.6 Å². The molecule has 0 atom stereocenters. The smallest absolute Gasteiger partial charge is 0.323 e. The third kappa shape index (κ3) is 4.30. The molecule has 22 heavy (non-hydrogen) atoms. The van der Waals surface area contributed by atoms with Gasteiger partial charge in [-0.05, 0) is 49.4 Å². The van der Waals surface area contributed by atoms with Crippen LogP contribution in [0.2, 0.25) is 5.02 Å². The molecule has 0 unspecified atom stereocenters. The lowest BCUT2D eigenvalue weighted by molar-refractivity contribution is 0.262. The lowest BCUT2D eigenvalue weighted by Crippen LogP contribution is -2.19. The highest BCUT2D eigenvalue weighted by atomic mass is 35.5. The number of methoxy groups -OCH3 is 1. The number of hydrogen-bond donors (Lipinski definition) is 2. The fourth-order valence-corrected chi connectivity index (χ4v) is 2.04. The highest BCUT2D eigenvalue weighted by molar-refractivity contribution is 6.31. The molecule has 0 fully saturated rings. The molecule has 2 aromatic carbocycles. The second-order valence-corrected chi connectivity index (χ2v) is 4.82. The van der Waals surface area contributed by atoms with Crippen LogP contribution in [0.4, 0.5) is 16.2 Å². The van der Waals surface area contributed by atoms with Crippen LogP contribution in [0.1, 0.15) is 6.92 Å². The van der Waals surface area contributed by atoms with E-state index >= 15 is 0 Å². The van der Waals surface area contributed by atoms with Crippen molar-refractivity contribution in [1.82, 2.24) is 0 Å². The molecule has 0 bridgehead atoms. The maximum absolute atomic E-state index is 12.0. The van der Waals surface area contributed by atoms with E-state index in [1.165, 1.54) is 7.11 Å². The number of anilines is 2. The van der Waals surface area contributed by atoms with E-state index in [4.69, 9.17) is 21.1 Å². The van der Waals surface area contributed by atoms with Crippen molar-refractivity contribution >= 4 is 29.0 Å². The predicted molar refractivity (Wildman–Crippen MR) is 88.3 cm³/mol. The third-order valence-corrected chi connectivity index (χ3v) is 3.07. The van der Waals surface area contributed by atoms with E-state index in [9.17, 15) is 4.79 Å². The highest BCUT2D eigenvalue weighted by Crippen LogP contribution is 2.27. The van der Waals surface area contributed by atoms with E-state index in [-0.39, 0.29) is 6.03 Å². The van der Waals surface area contributed by atoms with Gasteiger partial charge in [0.15, 0.2) is 0 Å². The van der Waals surface area contributed by atoms with E-state index in [0.717, 1.165) is 5.75 Å². The minimum Gasteiger partial charge on any atom is -0.495 e. The van der Waals surface area contributed by atoms with Crippen molar-refractivity contribution < 1.29 is 14.3 Å². The lowest BCUT2D eigenvalue weighted by Gasteiger charge is -2.12. The first-order chi connectivity index (χ1) is 10.6. The van der Waals surface area contributed by atoms with Gasteiger partial charge in [-0.1, -0.05) is 11.6 Å². The molecule has 116 valence electrons. The summed E-state index contributed by atoms with van der Waals surface area (Å²) in [7, 11) is 1.53. The molecule has 0 aromatic heterocycles. The van der Waals surface area contributed by atoms with E-state index in [1.807, 2.05) is 6.92 Å². The summed E-state index contributed by atoms with van der Waals surface area (Å²) in [5, 5.41) is 5.94. The summed E-state index contributed by atoms with van der Waals surface area (Å²) in [6, 6.07) is 11.7. The van der Waals surface area contributed by atoms with Gasteiger partial charge in [-0.2, -0.15) is 0 Å². The van der Waals surface area contributed by atoms with Crippen molar-refractivity contribution in [3.63, 3.8) is 0 Å². The second kappa shape index (κ2) is 7.56. The second-order valence-electron chi connectivity index (χ2n) is 4.38. The molecule has 6 heteroatoms. The molecule has 5 nitrogen and oxygen atoms in total. The molecule has 0 saturated carbocycles. The molecule has 0 aliphatic carbocycles. The van der Waals surface area contributed by atoms with Crippen molar-refractivity contribution in [3.8, 4) is 11.5 Å². The van der Waals surface area contributed by atoms with Gasteiger partial charge in [-0.3, -0.25) is 0 Å². The van der Waals surface area contributed by atoms with Crippen LogP contribution in [-0.4, -0.2) is 19.7 Å². The fraction of sp³-hybridized carbons (Fsp3) is 0.188. The zero-order valence-corrected chi connectivity index (χ0v) is 13.1. The Balaban J connectivity index is 2.02. The van der Waals surface area contributed by atoms with Gasteiger partial charge in [0.05, 0.1) is 19.4 Å². The molecular weight excluding hydrogens is 304 g/mol. The van der Waals surface area contributed by atoms with Crippen molar-refractivity contribution in [3.05, 3.63) is 47.5 Å². The van der Waals surface area contributed by atoms with Crippen LogP contribution in [0, 0.1) is 0 Å². The molecule has 0 spiro atoms. The third-order valence-electron chi connectivity index (χ3n) is 2.83. The first-order valence-electron chi connectivity index (χ1n) is 6.76. The molecule has 2 rings (SSSR count). The summed E-state index contributed by atoms with van der Waals surface area (Å²) in [5.74, 6) is 1.29. The van der Waals surface area contributed by atoms with Crippen molar-refractivity contribution in [2.24, 2.45) is 0 Å². The molecule has 2 N–H and O–H groups in total. The maximum atomic E-state index is 12.0. The fourth-order valence-electron chi connectivity index (χ4n) is 1.86. The topological polar surface area (TPSA) is 59.6 Å². The summed E-state index contributed by atoms with van der Waals surface area (Å²) < 4.78 is 10.5. The zero-order valence-electron chi connectivity index (χ0n) is 12.4. The number of amides is 2. The summed E-state index contributed by atoms with van der Waals surface area (Å²) in [6.07, 6.45) is 0. The Morgan fingerprint density at radius 2 is 1.86 bits per heavy atom. The van der Waals surface area contributed by atoms with Gasteiger partial charge in [-0.25, -0.2) is 4.79 Å². The molecule has 2 amide bonds. The number of carbonyl (C=O) groups is 1. The number of hydrogen-bond acceptors (Lipinski definition) is 3. The Morgan fingerprint density at radius 3 is 2.50 bits per heavy atom. The molecule has 0 aliphatic rings. The van der Waals surface area contributed by atoms with Gasteiger partial charge in [0.25, 0.3) is 0 Å². The van der Waals surface area contributed by atoms with Gasteiger partial charge < -0.3 is 20.1 Å². The van der Waals surface area contributed by atoms with Crippen LogP contribution in [0.15, 0.2) is 42.5 Å². The van der Waals surface area contributed by atoms with Crippen LogP contribution >= 0.6 is 11.6 Å². The Morgan fingerprint density at radius 1 is 1.14 bits per heavy atom. The molecule has 0 radical (unpaired) electrons. The number of ether oxygens (including phenoxy) is 2. The summed E-state index contributed by atoms with van der Waals surface area (Å²) >= 11 is 5.92. The summed E-state index contributed by atoms with van der Waals surface area (Å²) in [4.78, 5) is 12.0. The number of urea groups is 1. The van der Waals surface area contributed by atoms with Crippen LogP contribution in [0.3, 0.4) is 0 Å².